The number of piperidine rings is 1. The molecule has 6 N–H and O–H groups in total. The third-order valence-electron chi connectivity index (χ3n) is 14.6. The van der Waals surface area contributed by atoms with E-state index in [1.165, 1.54) is 17.3 Å². The number of benzene rings is 3. The zero-order valence-corrected chi connectivity index (χ0v) is 47.3. The minimum atomic E-state index is -0.928. The zero-order chi connectivity index (χ0) is 56.6. The minimum Gasteiger partial charge on any atom is -0.455 e. The Morgan fingerprint density at radius 2 is 1.59 bits per heavy atom. The van der Waals surface area contributed by atoms with E-state index in [-0.39, 0.29) is 44.0 Å². The third-order valence-corrected chi connectivity index (χ3v) is 15.6. The first-order chi connectivity index (χ1) is 38.7. The number of aromatic nitrogens is 5. The van der Waals surface area contributed by atoms with Crippen molar-refractivity contribution in [3.8, 4) is 33.2 Å². The van der Waals surface area contributed by atoms with Gasteiger partial charge in [0.2, 0.25) is 23.6 Å². The van der Waals surface area contributed by atoms with Gasteiger partial charge in [-0.2, -0.15) is 5.10 Å². The van der Waals surface area contributed by atoms with Crippen molar-refractivity contribution in [3.05, 3.63) is 109 Å². The van der Waals surface area contributed by atoms with Gasteiger partial charge < -0.3 is 50.8 Å². The molecule has 426 valence electrons. The lowest BCUT2D eigenvalue weighted by Crippen LogP contribution is -2.58. The summed E-state index contributed by atoms with van der Waals surface area (Å²) in [4.78, 5) is 71.3. The van der Waals surface area contributed by atoms with Gasteiger partial charge in [-0.3, -0.25) is 19.2 Å². The fraction of sp³-hybridized carbons (Fsp3) is 0.467. The Hall–Kier alpha value is -7.10. The zero-order valence-electron chi connectivity index (χ0n) is 46.5. The number of likely N-dealkylation sites (tertiary alicyclic amines) is 2. The number of ether oxygens (including phenoxy) is 3. The lowest BCUT2D eigenvalue weighted by Gasteiger charge is -2.35. The molecule has 19 nitrogen and oxygen atoms in total. The predicted molar refractivity (Wildman–Crippen MR) is 311 cm³/mol. The number of carbonyl (C=O) groups excluding carboxylic acids is 4. The summed E-state index contributed by atoms with van der Waals surface area (Å²) in [6, 6.07) is 21.1. The molecule has 4 amide bonds. The van der Waals surface area contributed by atoms with Crippen LogP contribution in [0.4, 0.5) is 11.5 Å². The van der Waals surface area contributed by atoms with Crippen LogP contribution in [0.25, 0.3) is 32.7 Å². The molecule has 5 heterocycles. The number of unbranched alkanes of at least 4 members (excludes halogenated alkanes) is 5. The Morgan fingerprint density at radius 1 is 0.887 bits per heavy atom. The highest BCUT2D eigenvalue weighted by molar-refractivity contribution is 7.13. The molecule has 2 aliphatic heterocycles. The smallest absolute Gasteiger partial charge is 0.247 e. The number of carbonyl (C=O) groups is 4. The molecular formula is C60H77N11O8S. The van der Waals surface area contributed by atoms with Crippen LogP contribution in [0.5, 0.6) is 11.5 Å². The monoisotopic (exact) mass is 1110 g/mol. The number of nitrogens with one attached hydrogen (secondary N) is 3. The molecule has 0 saturated carbocycles. The van der Waals surface area contributed by atoms with E-state index >= 15 is 0 Å². The van der Waals surface area contributed by atoms with Crippen LogP contribution in [0.3, 0.4) is 0 Å². The van der Waals surface area contributed by atoms with Gasteiger partial charge in [0.1, 0.15) is 42.3 Å². The van der Waals surface area contributed by atoms with Crippen molar-refractivity contribution in [1.82, 2.24) is 45.2 Å². The molecule has 6 aromatic rings. The molecule has 1 unspecified atom stereocenters. The SMILES string of the molecule is C=CC(=O)Nc1cc(-c2nn(C3CCN(CCCCCCOCCCCCOCC(=O)NC(C(=O)N4C[C@H](O)C[C@H]4C(=O)NCc4ccc(-c5scnc5C)cc4)C(C)(C)C)CC3)c3ncnc(N)c23)ccc1Oc1ccccc1. The van der Waals surface area contributed by atoms with Crippen LogP contribution in [0, 0.1) is 12.3 Å². The summed E-state index contributed by atoms with van der Waals surface area (Å²) >= 11 is 1.58. The largest absolute Gasteiger partial charge is 0.455 e. The fourth-order valence-electron chi connectivity index (χ4n) is 10.2. The minimum absolute atomic E-state index is 0.00351. The van der Waals surface area contributed by atoms with Crippen LogP contribution >= 0.6 is 11.3 Å². The second kappa shape index (κ2) is 28.4. The summed E-state index contributed by atoms with van der Waals surface area (Å²) in [5.41, 5.74) is 13.1. The number of thiazole rings is 1. The molecule has 0 bridgehead atoms. The molecule has 0 radical (unpaired) electrons. The number of aliphatic hydroxyl groups excluding tert-OH is 1. The molecular weight excluding hydrogens is 1030 g/mol. The van der Waals surface area contributed by atoms with Crippen molar-refractivity contribution in [2.24, 2.45) is 5.41 Å². The molecule has 80 heavy (non-hydrogen) atoms. The second-order valence-corrected chi connectivity index (χ2v) is 22.6. The molecule has 2 saturated heterocycles. The summed E-state index contributed by atoms with van der Waals surface area (Å²) in [7, 11) is 0. The number of aryl methyl sites for hydroxylation is 1. The maximum Gasteiger partial charge on any atom is 0.247 e. The standard InChI is InChI=1S/C60H77N11O8S/c1-6-50(73)66-47-33-43(23-24-49(47)79-46-17-11-9-12-18-46)53-52-56(61)63-38-64-57(52)71(68-53)44-25-28-69(29-26-44)27-13-7-8-14-30-77-31-15-10-16-32-78-37-51(74)67-55(60(3,4)5)59(76)70-36-45(72)34-48(70)58(75)62-35-41-19-21-42(22-20-41)54-40(2)65-39-80-54/h6,9,11-12,17-24,33,38-39,44-45,48,55,72H,1,7-8,10,13-16,25-32,34-37H2,2-5H3,(H,62,75)(H,66,73)(H,67,74)(H2,61,63,64)/t45-,48+,55?/m1/s1. The molecule has 3 aromatic carbocycles. The van der Waals surface area contributed by atoms with E-state index in [4.69, 9.17) is 25.0 Å². The van der Waals surface area contributed by atoms with Gasteiger partial charge in [-0.25, -0.2) is 19.6 Å². The normalized spacial score (nSPS) is 16.4. The first kappa shape index (κ1) is 59.0. The van der Waals surface area contributed by atoms with Gasteiger partial charge in [0.05, 0.1) is 39.3 Å². The van der Waals surface area contributed by atoms with Gasteiger partial charge in [-0.1, -0.05) is 82.7 Å². The lowest BCUT2D eigenvalue weighted by molar-refractivity contribution is -0.144. The van der Waals surface area contributed by atoms with Crippen molar-refractivity contribution < 1.29 is 38.5 Å². The van der Waals surface area contributed by atoms with Crippen LogP contribution in [-0.2, 0) is 35.2 Å². The number of amides is 4. The van der Waals surface area contributed by atoms with Gasteiger partial charge >= 0.3 is 0 Å². The molecule has 2 aliphatic rings. The van der Waals surface area contributed by atoms with E-state index < -0.39 is 35.4 Å². The number of anilines is 2. The Balaban J connectivity index is 0.679. The van der Waals surface area contributed by atoms with Gasteiger partial charge in [-0.15, -0.1) is 11.3 Å². The summed E-state index contributed by atoms with van der Waals surface area (Å²) in [6.45, 7) is 16.0. The molecule has 8 rings (SSSR count). The molecule has 0 spiro atoms. The van der Waals surface area contributed by atoms with E-state index in [2.05, 4.69) is 42.4 Å². The average Bonchev–Trinajstić information content (AvgIpc) is 4.40. The maximum atomic E-state index is 14.0. The fourth-order valence-corrected chi connectivity index (χ4v) is 11.0. The van der Waals surface area contributed by atoms with Crippen LogP contribution in [0.15, 0.2) is 97.3 Å². The van der Waals surface area contributed by atoms with Crippen molar-refractivity contribution in [3.63, 3.8) is 0 Å². The number of β-amino-alcohol motifs (C(OH)–C–C–N with tert-alkyl or cyclic N) is 1. The maximum absolute atomic E-state index is 14.0. The first-order valence-corrected chi connectivity index (χ1v) is 28.8. The van der Waals surface area contributed by atoms with Crippen LogP contribution in [-0.4, -0.2) is 134 Å². The number of nitrogens with zero attached hydrogens (tertiary/aromatic N) is 7. The van der Waals surface area contributed by atoms with Gasteiger partial charge in [0, 0.05) is 58.0 Å². The summed E-state index contributed by atoms with van der Waals surface area (Å²) in [6.07, 6.45) is 10.7. The number of rotatable bonds is 27. The Kier molecular flexibility index (Phi) is 20.9. The number of fused-ring (bicyclic) bond motifs is 1. The van der Waals surface area contributed by atoms with Crippen LogP contribution < -0.4 is 26.4 Å². The van der Waals surface area contributed by atoms with Gasteiger partial charge in [-0.05, 0) is 111 Å². The van der Waals surface area contributed by atoms with Crippen molar-refractivity contribution in [2.45, 2.75) is 123 Å². The van der Waals surface area contributed by atoms with E-state index in [9.17, 15) is 24.3 Å². The molecule has 2 fully saturated rings. The number of nitrogen functional groups attached to an aromatic ring is 1. The van der Waals surface area contributed by atoms with Crippen molar-refractivity contribution in [1.29, 1.82) is 0 Å². The second-order valence-electron chi connectivity index (χ2n) is 21.7. The van der Waals surface area contributed by atoms with Crippen molar-refractivity contribution in [2.75, 3.05) is 63.7 Å². The number of para-hydroxylation sites is 1. The highest BCUT2D eigenvalue weighted by atomic mass is 32.1. The summed E-state index contributed by atoms with van der Waals surface area (Å²) < 4.78 is 19.8. The van der Waals surface area contributed by atoms with Gasteiger partial charge in [0.25, 0.3) is 0 Å². The number of hydrogen-bond donors (Lipinski definition) is 5. The Morgan fingerprint density at radius 3 is 2.29 bits per heavy atom. The highest BCUT2D eigenvalue weighted by Crippen LogP contribution is 2.39. The molecule has 3 aromatic heterocycles. The van der Waals surface area contributed by atoms with Crippen LogP contribution in [0.1, 0.15) is 102 Å². The average molecular weight is 1110 g/mol. The van der Waals surface area contributed by atoms with Crippen LogP contribution in [0.2, 0.25) is 0 Å². The number of aliphatic hydroxyl groups is 1. The Labute approximate surface area is 472 Å². The van der Waals surface area contributed by atoms with E-state index in [1.54, 1.807) is 17.4 Å². The van der Waals surface area contributed by atoms with E-state index in [1.807, 2.05) is 105 Å². The molecule has 20 heteroatoms. The van der Waals surface area contributed by atoms with Gasteiger partial charge in [0.15, 0.2) is 11.4 Å². The topological polar surface area (TPSA) is 241 Å². The number of nitrogens with two attached hydrogens (primary N) is 1. The molecule has 0 aliphatic carbocycles. The third kappa shape index (κ3) is 15.8. The quantitative estimate of drug-likeness (QED) is 0.0240. The molecule has 3 atom stereocenters. The number of hydrogen-bond acceptors (Lipinski definition) is 15. The first-order valence-electron chi connectivity index (χ1n) is 27.9. The highest BCUT2D eigenvalue weighted by Gasteiger charge is 2.44. The summed E-state index contributed by atoms with van der Waals surface area (Å²) in [5, 5.41) is 25.0. The summed E-state index contributed by atoms with van der Waals surface area (Å²) in [5.74, 6) is -0.102. The van der Waals surface area contributed by atoms with E-state index in [0.29, 0.717) is 52.9 Å². The van der Waals surface area contributed by atoms with Crippen molar-refractivity contribution >= 4 is 57.5 Å². The Bertz CT molecular complexity index is 3030. The predicted octanol–water partition coefficient (Wildman–Crippen LogP) is 8.63. The lowest BCUT2D eigenvalue weighted by atomic mass is 9.85. The van der Waals surface area contributed by atoms with E-state index in [0.717, 1.165) is 111 Å².